The van der Waals surface area contributed by atoms with Crippen molar-refractivity contribution in [3.63, 3.8) is 0 Å². The summed E-state index contributed by atoms with van der Waals surface area (Å²) < 4.78 is 1.34. The van der Waals surface area contributed by atoms with Crippen LogP contribution in [0.4, 0.5) is 0 Å². The number of fused-ring (bicyclic) bond motifs is 3. The summed E-state index contributed by atoms with van der Waals surface area (Å²) in [5.41, 5.74) is 7.74. The molecule has 1 heterocycles. The number of rotatable bonds is 4. The normalized spacial score (nSPS) is 14.9. The van der Waals surface area contributed by atoms with Crippen LogP contribution in [0.15, 0.2) is 133 Å². The van der Waals surface area contributed by atoms with Crippen molar-refractivity contribution in [2.24, 2.45) is 0 Å². The van der Waals surface area contributed by atoms with Gasteiger partial charge >= 0.3 is 0 Å². The number of benzene rings is 5. The molecule has 38 heavy (non-hydrogen) atoms. The summed E-state index contributed by atoms with van der Waals surface area (Å²) in [5, 5.41) is 4.75. The third kappa shape index (κ3) is 3.91. The Morgan fingerprint density at radius 3 is 1.89 bits per heavy atom. The first kappa shape index (κ1) is 23.2. The molecule has 7 rings (SSSR count). The Balaban J connectivity index is 1.70. The molecule has 0 bridgehead atoms. The van der Waals surface area contributed by atoms with Gasteiger partial charge in [0.1, 0.15) is 0 Å². The number of hydrogen-bond acceptors (Lipinski definition) is 1. The highest BCUT2D eigenvalue weighted by atomic mass is 35.5. The Kier molecular flexibility index (Phi) is 5.96. The molecule has 1 unspecified atom stereocenters. The lowest BCUT2D eigenvalue weighted by Crippen LogP contribution is -1.98. The van der Waals surface area contributed by atoms with Crippen molar-refractivity contribution in [1.82, 2.24) is 0 Å². The quantitative estimate of drug-likeness (QED) is 0.215. The summed E-state index contributed by atoms with van der Waals surface area (Å²) in [6.45, 7) is 0. The van der Waals surface area contributed by atoms with E-state index in [-0.39, 0.29) is 0 Å². The van der Waals surface area contributed by atoms with Crippen molar-refractivity contribution < 1.29 is 0 Å². The smallest absolute Gasteiger partial charge is 0.0443 e. The number of hydrogen-bond donors (Lipinski definition) is 0. The summed E-state index contributed by atoms with van der Waals surface area (Å²) in [6.07, 6.45) is 10.0. The van der Waals surface area contributed by atoms with Crippen LogP contribution in [0, 0.1) is 0 Å². The molecular formula is C36H25ClS. The van der Waals surface area contributed by atoms with Gasteiger partial charge in [0.15, 0.2) is 0 Å². The minimum atomic E-state index is 0.314. The van der Waals surface area contributed by atoms with Crippen molar-refractivity contribution >= 4 is 43.8 Å². The maximum absolute atomic E-state index is 6.32. The van der Waals surface area contributed by atoms with Crippen LogP contribution < -0.4 is 0 Å². The van der Waals surface area contributed by atoms with Gasteiger partial charge < -0.3 is 0 Å². The van der Waals surface area contributed by atoms with Crippen molar-refractivity contribution in [1.29, 1.82) is 0 Å². The average Bonchev–Trinajstić information content (AvgIpc) is 3.39. The Bertz CT molecular complexity index is 1820. The van der Waals surface area contributed by atoms with Gasteiger partial charge in [0, 0.05) is 31.5 Å². The summed E-state index contributed by atoms with van der Waals surface area (Å²) in [6, 6.07) is 39.1. The molecule has 1 aliphatic carbocycles. The molecule has 0 saturated carbocycles. The first-order valence-electron chi connectivity index (χ1n) is 13.0. The van der Waals surface area contributed by atoms with Crippen LogP contribution in [0.2, 0.25) is 5.02 Å². The molecule has 0 spiro atoms. The van der Waals surface area contributed by atoms with Crippen molar-refractivity contribution in [2.75, 3.05) is 0 Å². The van der Waals surface area contributed by atoms with Crippen molar-refractivity contribution in [2.45, 2.75) is 12.3 Å². The molecule has 182 valence electrons. The highest BCUT2D eigenvalue weighted by Gasteiger charge is 2.27. The van der Waals surface area contributed by atoms with Gasteiger partial charge in [-0.15, -0.1) is 11.3 Å². The largest absolute Gasteiger partial charge is 0.134 e. The Morgan fingerprint density at radius 1 is 0.605 bits per heavy atom. The lowest BCUT2D eigenvalue weighted by atomic mass is 9.83. The Morgan fingerprint density at radius 2 is 1.24 bits per heavy atom. The van der Waals surface area contributed by atoms with Gasteiger partial charge in [-0.3, -0.25) is 0 Å². The zero-order chi connectivity index (χ0) is 25.5. The number of halogens is 1. The monoisotopic (exact) mass is 524 g/mol. The number of thiophene rings is 1. The molecule has 0 N–H and O–H groups in total. The van der Waals surface area contributed by atoms with Crippen molar-refractivity contribution in [3.8, 4) is 32.7 Å². The predicted molar refractivity (Wildman–Crippen MR) is 166 cm³/mol. The van der Waals surface area contributed by atoms with E-state index in [2.05, 4.69) is 121 Å². The highest BCUT2D eigenvalue weighted by molar-refractivity contribution is 7.23. The van der Waals surface area contributed by atoms with Gasteiger partial charge in [0.25, 0.3) is 0 Å². The maximum Gasteiger partial charge on any atom is 0.0443 e. The first-order valence-corrected chi connectivity index (χ1v) is 14.2. The fourth-order valence-electron chi connectivity index (χ4n) is 5.80. The van der Waals surface area contributed by atoms with Gasteiger partial charge in [0.05, 0.1) is 0 Å². The molecule has 0 fully saturated rings. The number of allylic oxidation sites excluding steroid dienone is 4. The second-order valence-electron chi connectivity index (χ2n) is 9.74. The minimum Gasteiger partial charge on any atom is -0.134 e. The van der Waals surface area contributed by atoms with E-state index in [1.54, 1.807) is 0 Å². The fourth-order valence-corrected chi connectivity index (χ4v) is 7.40. The topological polar surface area (TPSA) is 0 Å². The predicted octanol–water partition coefficient (Wildman–Crippen LogP) is 11.3. The van der Waals surface area contributed by atoms with Gasteiger partial charge in [-0.1, -0.05) is 133 Å². The van der Waals surface area contributed by atoms with Crippen LogP contribution in [0.25, 0.3) is 53.6 Å². The molecule has 0 amide bonds. The molecule has 1 aromatic heterocycles. The standard InChI is InChI=1S/C36H25ClS/c37-28-22-20-27(21-23-28)35-33(26-16-8-3-9-17-26)34-30-19-11-10-18-29(30)31(24-12-4-1-5-13-24)32(36(34)38-35)25-14-6-2-7-15-25/h1-16,18-23,26H,17H2. The second-order valence-corrected chi connectivity index (χ2v) is 11.2. The van der Waals surface area contributed by atoms with Crippen LogP contribution in [-0.2, 0) is 0 Å². The van der Waals surface area contributed by atoms with E-state index in [4.69, 9.17) is 11.6 Å². The summed E-state index contributed by atoms with van der Waals surface area (Å²) in [5.74, 6) is 0.314. The Labute approximate surface area is 232 Å². The van der Waals surface area contributed by atoms with E-state index in [9.17, 15) is 0 Å². The average molecular weight is 525 g/mol. The van der Waals surface area contributed by atoms with Crippen LogP contribution >= 0.6 is 22.9 Å². The summed E-state index contributed by atoms with van der Waals surface area (Å²) in [4.78, 5) is 1.33. The van der Waals surface area contributed by atoms with E-state index < -0.39 is 0 Å². The maximum atomic E-state index is 6.32. The van der Waals surface area contributed by atoms with E-state index in [0.29, 0.717) is 5.92 Å². The highest BCUT2D eigenvalue weighted by Crippen LogP contribution is 2.53. The van der Waals surface area contributed by atoms with Crippen LogP contribution in [-0.4, -0.2) is 0 Å². The first-order chi connectivity index (χ1) is 18.8. The van der Waals surface area contributed by atoms with E-state index >= 15 is 0 Å². The Hall–Kier alpha value is -3.91. The molecule has 0 aliphatic heterocycles. The second kappa shape index (κ2) is 9.76. The molecule has 5 aromatic carbocycles. The van der Waals surface area contributed by atoms with Gasteiger partial charge in [-0.05, 0) is 57.1 Å². The van der Waals surface area contributed by atoms with Gasteiger partial charge in [0.2, 0.25) is 0 Å². The summed E-state index contributed by atoms with van der Waals surface area (Å²) >= 11 is 8.24. The molecule has 1 aliphatic rings. The lowest BCUT2D eigenvalue weighted by Gasteiger charge is -2.19. The fraction of sp³-hybridized carbons (Fsp3) is 0.0556. The molecule has 6 aromatic rings. The van der Waals surface area contributed by atoms with E-state index in [1.165, 1.54) is 59.1 Å². The third-order valence-electron chi connectivity index (χ3n) is 7.47. The zero-order valence-electron chi connectivity index (χ0n) is 20.8. The van der Waals surface area contributed by atoms with Crippen LogP contribution in [0.5, 0.6) is 0 Å². The molecule has 2 heteroatoms. The molecule has 1 atom stereocenters. The SMILES string of the molecule is Clc1ccc(-c2sc3c(-c4ccccc4)c(-c4ccccc4)c4ccccc4c3c2C2C=CC=CC2)cc1. The van der Waals surface area contributed by atoms with Crippen LogP contribution in [0.1, 0.15) is 17.9 Å². The molecule has 0 radical (unpaired) electrons. The molecular weight excluding hydrogens is 500 g/mol. The van der Waals surface area contributed by atoms with Gasteiger partial charge in [-0.25, -0.2) is 0 Å². The van der Waals surface area contributed by atoms with E-state index in [1.807, 2.05) is 23.5 Å². The third-order valence-corrected chi connectivity index (χ3v) is 8.99. The zero-order valence-corrected chi connectivity index (χ0v) is 22.3. The van der Waals surface area contributed by atoms with E-state index in [0.717, 1.165) is 11.4 Å². The molecule has 0 saturated heterocycles. The van der Waals surface area contributed by atoms with Gasteiger partial charge in [-0.2, -0.15) is 0 Å². The lowest BCUT2D eigenvalue weighted by molar-refractivity contribution is 0.867. The minimum absolute atomic E-state index is 0.314. The van der Waals surface area contributed by atoms with Crippen LogP contribution in [0.3, 0.4) is 0 Å². The van der Waals surface area contributed by atoms with Crippen molar-refractivity contribution in [3.05, 3.63) is 144 Å². The molecule has 0 nitrogen and oxygen atoms in total. The summed E-state index contributed by atoms with van der Waals surface area (Å²) in [7, 11) is 0.